The molecule has 0 rings (SSSR count). The first-order chi connectivity index (χ1) is 8.72. The minimum absolute atomic E-state index is 0.225. The molecule has 1 atom stereocenters. The molecule has 0 spiro atoms. The maximum absolute atomic E-state index is 10.9. The molecule has 0 radical (unpaired) electrons. The van der Waals surface area contributed by atoms with Crippen LogP contribution in [-0.2, 0) is 17.8 Å². The topological polar surface area (TPSA) is 44.8 Å². The standard InChI is InChI=1S/C13H32O4Si3/c1-12(10-15-13(2)14)11-20(9,16-18(3,4)5)17-19(6,7)8/h12H,10-11H2,1-9H3. The maximum Gasteiger partial charge on any atom is 0.314 e. The van der Waals surface area contributed by atoms with Crippen molar-refractivity contribution >= 4 is 31.2 Å². The van der Waals surface area contributed by atoms with Crippen molar-refractivity contribution in [2.24, 2.45) is 5.92 Å². The quantitative estimate of drug-likeness (QED) is 0.497. The molecule has 0 saturated carbocycles. The minimum Gasteiger partial charge on any atom is -0.466 e. The molecule has 0 fully saturated rings. The van der Waals surface area contributed by atoms with Crippen molar-refractivity contribution in [1.29, 1.82) is 0 Å². The zero-order chi connectivity index (χ0) is 16.2. The molecule has 0 N–H and O–H groups in total. The maximum atomic E-state index is 10.9. The number of carbonyl (C=O) groups is 1. The average molecular weight is 337 g/mol. The van der Waals surface area contributed by atoms with Crippen molar-refractivity contribution in [2.45, 2.75) is 65.7 Å². The molecule has 0 aliphatic heterocycles. The first-order valence-corrected chi connectivity index (χ1v) is 16.6. The first kappa shape index (κ1) is 20.0. The molecular weight excluding hydrogens is 304 g/mol. The lowest BCUT2D eigenvalue weighted by Gasteiger charge is -2.39. The van der Waals surface area contributed by atoms with Gasteiger partial charge in [-0.1, -0.05) is 6.92 Å². The molecule has 20 heavy (non-hydrogen) atoms. The molecule has 1 unspecified atom stereocenters. The molecule has 0 aliphatic rings. The van der Waals surface area contributed by atoms with Gasteiger partial charge in [0, 0.05) is 6.92 Å². The summed E-state index contributed by atoms with van der Waals surface area (Å²) >= 11 is 0. The monoisotopic (exact) mass is 336 g/mol. The van der Waals surface area contributed by atoms with Gasteiger partial charge in [-0.25, -0.2) is 0 Å². The van der Waals surface area contributed by atoms with Gasteiger partial charge in [-0.05, 0) is 57.8 Å². The molecule has 0 heterocycles. The summed E-state index contributed by atoms with van der Waals surface area (Å²) in [7, 11) is -5.53. The van der Waals surface area contributed by atoms with E-state index in [0.29, 0.717) is 6.61 Å². The number of hydrogen-bond donors (Lipinski definition) is 0. The Balaban J connectivity index is 4.80. The predicted octanol–water partition coefficient (Wildman–Crippen LogP) is 3.96. The third-order valence-corrected chi connectivity index (χ3v) is 12.1. The highest BCUT2D eigenvalue weighted by Crippen LogP contribution is 2.27. The smallest absolute Gasteiger partial charge is 0.314 e. The number of carbonyl (C=O) groups excluding carboxylic acids is 1. The lowest BCUT2D eigenvalue weighted by atomic mass is 10.2. The Hall–Kier alpha value is 0.0406. The molecule has 0 aromatic carbocycles. The molecule has 0 saturated heterocycles. The normalized spacial score (nSPS) is 15.1. The van der Waals surface area contributed by atoms with Crippen molar-refractivity contribution in [3.05, 3.63) is 0 Å². The van der Waals surface area contributed by atoms with Gasteiger partial charge >= 0.3 is 14.5 Å². The van der Waals surface area contributed by atoms with Crippen LogP contribution >= 0.6 is 0 Å². The molecule has 0 bridgehead atoms. The fourth-order valence-electron chi connectivity index (χ4n) is 2.35. The van der Waals surface area contributed by atoms with E-state index in [1.807, 2.05) is 0 Å². The van der Waals surface area contributed by atoms with E-state index in [2.05, 4.69) is 52.8 Å². The van der Waals surface area contributed by atoms with E-state index < -0.39 is 25.2 Å². The van der Waals surface area contributed by atoms with Gasteiger partial charge in [0.1, 0.15) is 0 Å². The molecule has 0 aliphatic carbocycles. The van der Waals surface area contributed by atoms with Crippen LogP contribution in [0.4, 0.5) is 0 Å². The summed E-state index contributed by atoms with van der Waals surface area (Å²) in [6.07, 6.45) is 0. The second-order valence-electron chi connectivity index (χ2n) is 7.67. The van der Waals surface area contributed by atoms with Crippen molar-refractivity contribution in [1.82, 2.24) is 0 Å². The van der Waals surface area contributed by atoms with Crippen LogP contribution in [0, 0.1) is 5.92 Å². The molecule has 4 nitrogen and oxygen atoms in total. The summed E-state index contributed by atoms with van der Waals surface area (Å²) in [4.78, 5) is 10.9. The summed E-state index contributed by atoms with van der Waals surface area (Å²) in [5.41, 5.74) is 0. The first-order valence-electron chi connectivity index (χ1n) is 7.26. The van der Waals surface area contributed by atoms with E-state index >= 15 is 0 Å². The predicted molar refractivity (Wildman–Crippen MR) is 91.1 cm³/mol. The molecule has 0 amide bonds. The summed E-state index contributed by atoms with van der Waals surface area (Å²) < 4.78 is 18.0. The molecule has 7 heteroatoms. The molecule has 0 aromatic heterocycles. The average Bonchev–Trinajstić information content (AvgIpc) is 2.06. The SMILES string of the molecule is CC(=O)OCC(C)C[Si](C)(O[Si](C)(C)C)O[Si](C)(C)C. The van der Waals surface area contributed by atoms with E-state index in [9.17, 15) is 4.79 Å². The van der Waals surface area contributed by atoms with E-state index in [-0.39, 0.29) is 11.9 Å². The van der Waals surface area contributed by atoms with Gasteiger partial charge in [0.05, 0.1) is 6.61 Å². The van der Waals surface area contributed by atoms with Gasteiger partial charge in [-0.2, -0.15) is 0 Å². The second kappa shape index (κ2) is 7.35. The second-order valence-corrected chi connectivity index (χ2v) is 20.4. The van der Waals surface area contributed by atoms with E-state index in [4.69, 9.17) is 13.0 Å². The van der Waals surface area contributed by atoms with Crippen LogP contribution in [0.15, 0.2) is 0 Å². The van der Waals surface area contributed by atoms with Gasteiger partial charge in [-0.15, -0.1) is 0 Å². The van der Waals surface area contributed by atoms with Crippen LogP contribution in [-0.4, -0.2) is 37.8 Å². The highest BCUT2D eigenvalue weighted by Gasteiger charge is 2.41. The molecular formula is C13H32O4Si3. The van der Waals surface area contributed by atoms with Gasteiger partial charge < -0.3 is 13.0 Å². The molecule has 0 aromatic rings. The molecule has 120 valence electrons. The number of esters is 1. The van der Waals surface area contributed by atoms with Crippen LogP contribution < -0.4 is 0 Å². The minimum atomic E-state index is -2.22. The highest BCUT2D eigenvalue weighted by atomic mass is 28.5. The summed E-state index contributed by atoms with van der Waals surface area (Å²) in [5.74, 6) is 0.0423. The van der Waals surface area contributed by atoms with E-state index in [1.165, 1.54) is 6.92 Å². The van der Waals surface area contributed by atoms with Crippen molar-refractivity contribution in [3.8, 4) is 0 Å². The van der Waals surface area contributed by atoms with E-state index in [0.717, 1.165) is 6.04 Å². The van der Waals surface area contributed by atoms with Crippen LogP contribution in [0.1, 0.15) is 13.8 Å². The van der Waals surface area contributed by atoms with Crippen LogP contribution in [0.3, 0.4) is 0 Å². The summed E-state index contributed by atoms with van der Waals surface area (Å²) in [5, 5.41) is 0. The lowest BCUT2D eigenvalue weighted by Crippen LogP contribution is -2.53. The van der Waals surface area contributed by atoms with Crippen molar-refractivity contribution in [3.63, 3.8) is 0 Å². The summed E-state index contributed by atoms with van der Waals surface area (Å²) in [6, 6.07) is 0.870. The van der Waals surface area contributed by atoms with Gasteiger partial charge in [0.15, 0.2) is 16.6 Å². The fraction of sp³-hybridized carbons (Fsp3) is 0.923. The Morgan fingerprint density at radius 3 is 1.65 bits per heavy atom. The van der Waals surface area contributed by atoms with Crippen LogP contribution in [0.2, 0.25) is 51.9 Å². The zero-order valence-corrected chi connectivity index (χ0v) is 17.6. The Kier molecular flexibility index (Phi) is 7.36. The van der Waals surface area contributed by atoms with Crippen LogP contribution in [0.5, 0.6) is 0 Å². The largest absolute Gasteiger partial charge is 0.466 e. The number of ether oxygens (including phenoxy) is 1. The lowest BCUT2D eigenvalue weighted by molar-refractivity contribution is -0.142. The van der Waals surface area contributed by atoms with Crippen molar-refractivity contribution in [2.75, 3.05) is 6.61 Å². The Morgan fingerprint density at radius 1 is 0.950 bits per heavy atom. The van der Waals surface area contributed by atoms with Crippen LogP contribution in [0.25, 0.3) is 0 Å². The van der Waals surface area contributed by atoms with Gasteiger partial charge in [0.25, 0.3) is 0 Å². The fourth-order valence-corrected chi connectivity index (χ4v) is 15.3. The Bertz CT molecular complexity index is 305. The summed E-state index contributed by atoms with van der Waals surface area (Å²) in [6.45, 7) is 19.3. The van der Waals surface area contributed by atoms with Crippen molar-refractivity contribution < 1.29 is 17.8 Å². The number of rotatable bonds is 8. The van der Waals surface area contributed by atoms with Gasteiger partial charge in [-0.3, -0.25) is 4.79 Å². The Labute approximate surface area is 127 Å². The van der Waals surface area contributed by atoms with Gasteiger partial charge in [0.2, 0.25) is 0 Å². The highest BCUT2D eigenvalue weighted by molar-refractivity contribution is 6.87. The third-order valence-electron chi connectivity index (χ3n) is 2.33. The van der Waals surface area contributed by atoms with E-state index in [1.54, 1.807) is 0 Å². The third kappa shape index (κ3) is 10.8. The number of hydrogen-bond acceptors (Lipinski definition) is 4. The Morgan fingerprint density at radius 2 is 1.35 bits per heavy atom. The zero-order valence-electron chi connectivity index (χ0n) is 14.6.